The number of aliphatic imine (C=N–C) groups is 1. The van der Waals surface area contributed by atoms with Gasteiger partial charge in [0, 0.05) is 6.54 Å². The van der Waals surface area contributed by atoms with E-state index in [9.17, 15) is 0 Å². The van der Waals surface area contributed by atoms with Gasteiger partial charge in [0.1, 0.15) is 0 Å². The van der Waals surface area contributed by atoms with E-state index in [0.717, 1.165) is 13.1 Å². The fourth-order valence-corrected chi connectivity index (χ4v) is 1.71. The summed E-state index contributed by atoms with van der Waals surface area (Å²) in [6.45, 7) is 8.22. The van der Waals surface area contributed by atoms with Gasteiger partial charge in [-0.05, 0) is 37.9 Å². The van der Waals surface area contributed by atoms with Crippen LogP contribution in [0.25, 0.3) is 0 Å². The van der Waals surface area contributed by atoms with Crippen LogP contribution in [0.2, 0.25) is 0 Å². The Hall–Kier alpha value is -0.370. The van der Waals surface area contributed by atoms with Crippen LogP contribution in [0.4, 0.5) is 0 Å². The molecule has 2 atom stereocenters. The number of nitrogens with two attached hydrogens (primary N) is 1. The van der Waals surface area contributed by atoms with E-state index in [1.165, 1.54) is 25.7 Å². The van der Waals surface area contributed by atoms with Crippen LogP contribution in [-0.2, 0) is 0 Å². The number of nitrogens with zero attached hydrogens (tertiary/aromatic N) is 1. The first-order chi connectivity index (χ1) is 6.76. The molecule has 2 N–H and O–H groups in total. The highest BCUT2D eigenvalue weighted by molar-refractivity contribution is 5.53. The molecular weight excluding hydrogens is 172 g/mol. The van der Waals surface area contributed by atoms with Crippen LogP contribution in [0.15, 0.2) is 4.99 Å². The van der Waals surface area contributed by atoms with Crippen molar-refractivity contribution in [2.75, 3.05) is 13.1 Å². The molecule has 84 valence electrons. The Balaban J connectivity index is 3.73. The second-order valence-electron chi connectivity index (χ2n) is 4.09. The molecule has 0 rings (SSSR count). The van der Waals surface area contributed by atoms with E-state index in [4.69, 9.17) is 5.73 Å². The highest BCUT2D eigenvalue weighted by Gasteiger charge is 2.14. The average molecular weight is 198 g/mol. The maximum Gasteiger partial charge on any atom is 0.0414 e. The van der Waals surface area contributed by atoms with Crippen molar-refractivity contribution in [2.24, 2.45) is 22.6 Å². The lowest BCUT2D eigenvalue weighted by molar-refractivity contribution is 0.340. The molecule has 0 aromatic rings. The fourth-order valence-electron chi connectivity index (χ4n) is 1.71. The average Bonchev–Trinajstić information content (AvgIpc) is 2.21. The molecule has 0 aliphatic carbocycles. The fraction of sp³-hybridized carbons (Fsp3) is 0.917. The summed E-state index contributed by atoms with van der Waals surface area (Å²) < 4.78 is 0. The Morgan fingerprint density at radius 3 is 2.57 bits per heavy atom. The topological polar surface area (TPSA) is 38.4 Å². The van der Waals surface area contributed by atoms with Crippen molar-refractivity contribution >= 4 is 6.21 Å². The second-order valence-corrected chi connectivity index (χ2v) is 4.09. The maximum absolute atomic E-state index is 5.78. The number of hydrogen-bond donors (Lipinski definition) is 1. The zero-order chi connectivity index (χ0) is 10.8. The van der Waals surface area contributed by atoms with Crippen LogP contribution in [0.1, 0.15) is 46.5 Å². The van der Waals surface area contributed by atoms with E-state index in [1.807, 2.05) is 13.1 Å². The van der Waals surface area contributed by atoms with Gasteiger partial charge in [0.05, 0.1) is 0 Å². The zero-order valence-corrected chi connectivity index (χ0v) is 10.00. The van der Waals surface area contributed by atoms with Gasteiger partial charge in [-0.1, -0.05) is 33.1 Å². The molecule has 0 spiro atoms. The van der Waals surface area contributed by atoms with Crippen LogP contribution in [0.5, 0.6) is 0 Å². The van der Waals surface area contributed by atoms with Crippen LogP contribution < -0.4 is 5.73 Å². The lowest BCUT2D eigenvalue weighted by atomic mass is 9.89. The molecule has 0 heterocycles. The third kappa shape index (κ3) is 6.14. The van der Waals surface area contributed by atoms with E-state index in [-0.39, 0.29) is 0 Å². The smallest absolute Gasteiger partial charge is 0.0414 e. The molecule has 0 aromatic heterocycles. The minimum Gasteiger partial charge on any atom is -0.330 e. The molecule has 0 saturated heterocycles. The van der Waals surface area contributed by atoms with Crippen LogP contribution in [-0.4, -0.2) is 19.3 Å². The van der Waals surface area contributed by atoms with Crippen molar-refractivity contribution in [3.05, 3.63) is 0 Å². The van der Waals surface area contributed by atoms with Gasteiger partial charge in [0.15, 0.2) is 0 Å². The predicted octanol–water partition coefficient (Wildman–Crippen LogP) is 2.87. The largest absolute Gasteiger partial charge is 0.330 e. The Bertz CT molecular complexity index is 143. The molecular formula is C12H26N2. The van der Waals surface area contributed by atoms with Gasteiger partial charge in [0.2, 0.25) is 0 Å². The van der Waals surface area contributed by atoms with Crippen molar-refractivity contribution in [1.82, 2.24) is 0 Å². The number of rotatable bonds is 8. The lowest BCUT2D eigenvalue weighted by Gasteiger charge is -2.20. The molecule has 0 radical (unpaired) electrons. The minimum atomic E-state index is 0.632. The Kier molecular flexibility index (Phi) is 8.95. The summed E-state index contributed by atoms with van der Waals surface area (Å²) in [7, 11) is 0. The predicted molar refractivity (Wildman–Crippen MR) is 64.9 cm³/mol. The SMILES string of the molecule is C/C=N\C[C@@H](C)C(CN)CCCCC. The highest BCUT2D eigenvalue weighted by Crippen LogP contribution is 2.18. The zero-order valence-electron chi connectivity index (χ0n) is 10.00. The summed E-state index contributed by atoms with van der Waals surface area (Å²) in [5, 5.41) is 0. The van der Waals surface area contributed by atoms with Crippen LogP contribution in [0, 0.1) is 11.8 Å². The van der Waals surface area contributed by atoms with Gasteiger partial charge in [0.25, 0.3) is 0 Å². The summed E-state index contributed by atoms with van der Waals surface area (Å²) >= 11 is 0. The van der Waals surface area contributed by atoms with Gasteiger partial charge in [-0.3, -0.25) is 4.99 Å². The molecule has 2 nitrogen and oxygen atoms in total. The summed E-state index contributed by atoms with van der Waals surface area (Å²) in [5.41, 5.74) is 5.78. The van der Waals surface area contributed by atoms with Gasteiger partial charge in [-0.25, -0.2) is 0 Å². The molecule has 0 saturated carbocycles. The first kappa shape index (κ1) is 13.6. The standard InChI is InChI=1S/C12H26N2/c1-4-6-7-8-12(9-13)11(3)10-14-5-2/h5,11-12H,4,6-10,13H2,1-3H3/b14-5-/t11-,12?/m1/s1. The Labute approximate surface area is 89.0 Å². The molecule has 0 aliphatic rings. The molecule has 0 aromatic carbocycles. The summed E-state index contributed by atoms with van der Waals surface area (Å²) in [4.78, 5) is 4.29. The van der Waals surface area contributed by atoms with Crippen LogP contribution >= 0.6 is 0 Å². The maximum atomic E-state index is 5.78. The van der Waals surface area contributed by atoms with E-state index < -0.39 is 0 Å². The molecule has 0 fully saturated rings. The third-order valence-electron chi connectivity index (χ3n) is 2.86. The molecule has 0 aliphatic heterocycles. The number of unbranched alkanes of at least 4 members (excludes halogenated alkanes) is 2. The van der Waals surface area contributed by atoms with Gasteiger partial charge in [-0.2, -0.15) is 0 Å². The van der Waals surface area contributed by atoms with Crippen molar-refractivity contribution in [3.8, 4) is 0 Å². The lowest BCUT2D eigenvalue weighted by Crippen LogP contribution is -2.23. The van der Waals surface area contributed by atoms with Gasteiger partial charge < -0.3 is 5.73 Å². The van der Waals surface area contributed by atoms with Crippen LogP contribution in [0.3, 0.4) is 0 Å². The first-order valence-electron chi connectivity index (χ1n) is 5.90. The minimum absolute atomic E-state index is 0.632. The van der Waals surface area contributed by atoms with Crippen molar-refractivity contribution in [2.45, 2.75) is 46.5 Å². The van der Waals surface area contributed by atoms with Crippen molar-refractivity contribution in [3.63, 3.8) is 0 Å². The third-order valence-corrected chi connectivity index (χ3v) is 2.86. The van der Waals surface area contributed by atoms with Gasteiger partial charge >= 0.3 is 0 Å². The van der Waals surface area contributed by atoms with Crippen molar-refractivity contribution in [1.29, 1.82) is 0 Å². The number of hydrogen-bond acceptors (Lipinski definition) is 2. The second kappa shape index (κ2) is 9.20. The summed E-state index contributed by atoms with van der Waals surface area (Å²) in [6, 6.07) is 0. The Morgan fingerprint density at radius 2 is 2.07 bits per heavy atom. The summed E-state index contributed by atoms with van der Waals surface area (Å²) in [6.07, 6.45) is 7.10. The monoisotopic (exact) mass is 198 g/mol. The van der Waals surface area contributed by atoms with Crippen molar-refractivity contribution < 1.29 is 0 Å². The molecule has 2 heteroatoms. The van der Waals surface area contributed by atoms with E-state index in [0.29, 0.717) is 11.8 Å². The normalized spacial score (nSPS) is 16.0. The Morgan fingerprint density at radius 1 is 1.36 bits per heavy atom. The molecule has 0 amide bonds. The van der Waals surface area contributed by atoms with Gasteiger partial charge in [-0.15, -0.1) is 0 Å². The molecule has 1 unspecified atom stereocenters. The molecule has 0 bridgehead atoms. The summed E-state index contributed by atoms with van der Waals surface area (Å²) in [5.74, 6) is 1.29. The van der Waals surface area contributed by atoms with E-state index in [1.54, 1.807) is 0 Å². The quantitative estimate of drug-likeness (QED) is 0.472. The van der Waals surface area contributed by atoms with E-state index >= 15 is 0 Å². The highest BCUT2D eigenvalue weighted by atomic mass is 14.7. The van der Waals surface area contributed by atoms with E-state index in [2.05, 4.69) is 18.8 Å². The molecule has 14 heavy (non-hydrogen) atoms. The first-order valence-corrected chi connectivity index (χ1v) is 5.90.